The normalized spacial score (nSPS) is 8.79. The highest BCUT2D eigenvalue weighted by Crippen LogP contribution is 2.26. The molecule has 0 amide bonds. The van der Waals surface area contributed by atoms with Crippen LogP contribution in [-0.2, 0) is 4.74 Å². The van der Waals surface area contributed by atoms with Crippen LogP contribution in [0.25, 0.3) is 0 Å². The number of phenolic OH excluding ortho intramolecular Hbond substituents is 2. The number of anilines is 1. The monoisotopic (exact) mass is 199 g/mol. The summed E-state index contributed by atoms with van der Waals surface area (Å²) in [5, 5.41) is 21.1. The van der Waals surface area contributed by atoms with Gasteiger partial charge in [0.15, 0.2) is 0 Å². The smallest absolute Gasteiger partial charge is 0.138 e. The molecule has 0 aliphatic carbocycles. The summed E-state index contributed by atoms with van der Waals surface area (Å²) in [6.45, 7) is 2.64. The van der Waals surface area contributed by atoms with Crippen molar-refractivity contribution in [2.24, 2.45) is 0 Å². The maximum absolute atomic E-state index is 9.19. The van der Waals surface area contributed by atoms with Crippen LogP contribution in [0.2, 0.25) is 0 Å². The van der Waals surface area contributed by atoms with E-state index in [1.54, 1.807) is 14.2 Å². The van der Waals surface area contributed by atoms with E-state index < -0.39 is 0 Å². The second-order valence-corrected chi connectivity index (χ2v) is 2.64. The highest BCUT2D eigenvalue weighted by Gasteiger charge is 1.98. The van der Waals surface area contributed by atoms with Crippen molar-refractivity contribution in [2.45, 2.75) is 6.92 Å². The average molecular weight is 199 g/mol. The number of hydrogen-bond donors (Lipinski definition) is 3. The summed E-state index contributed by atoms with van der Waals surface area (Å²) in [7, 11) is 3.25. The van der Waals surface area contributed by atoms with Gasteiger partial charge < -0.3 is 20.3 Å². The lowest BCUT2D eigenvalue weighted by molar-refractivity contribution is 0.277. The van der Waals surface area contributed by atoms with Gasteiger partial charge in [0.05, 0.1) is 5.69 Å². The van der Waals surface area contributed by atoms with E-state index in [2.05, 4.69) is 10.1 Å². The number of nitrogens with one attached hydrogen (secondary N) is 1. The van der Waals surface area contributed by atoms with Crippen molar-refractivity contribution in [3.8, 4) is 11.5 Å². The fraction of sp³-hybridized carbons (Fsp3) is 0.400. The lowest BCUT2D eigenvalue weighted by atomic mass is 10.3. The minimum atomic E-state index is 0.152. The summed E-state index contributed by atoms with van der Waals surface area (Å²) < 4.78 is 4.25. The second kappa shape index (κ2) is 7.03. The predicted molar refractivity (Wildman–Crippen MR) is 56.9 cm³/mol. The molecule has 1 aromatic rings. The largest absolute Gasteiger partial charge is 0.508 e. The van der Waals surface area contributed by atoms with Gasteiger partial charge in [-0.15, -0.1) is 0 Å². The highest BCUT2D eigenvalue weighted by molar-refractivity contribution is 5.58. The fourth-order valence-corrected chi connectivity index (χ4v) is 0.856. The summed E-state index contributed by atoms with van der Waals surface area (Å²) in [6.07, 6.45) is 0. The van der Waals surface area contributed by atoms with E-state index in [1.165, 1.54) is 18.2 Å². The summed E-state index contributed by atoms with van der Waals surface area (Å²) in [5.41, 5.74) is 0.563. The van der Waals surface area contributed by atoms with Crippen LogP contribution in [0.4, 0.5) is 5.69 Å². The standard InChI is InChI=1S/C8H11NO2.C2H6O/c1-2-9-7-5-6(10)3-4-8(7)11;1-3-2/h3-5,9-11H,2H2,1H3;1-2H3. The molecular weight excluding hydrogens is 182 g/mol. The van der Waals surface area contributed by atoms with Gasteiger partial charge in [-0.05, 0) is 19.1 Å². The molecule has 0 aliphatic heterocycles. The number of aromatic hydroxyl groups is 2. The molecule has 0 fully saturated rings. The molecule has 0 saturated carbocycles. The topological polar surface area (TPSA) is 61.7 Å². The third-order valence-electron chi connectivity index (χ3n) is 1.35. The van der Waals surface area contributed by atoms with Crippen LogP contribution < -0.4 is 5.32 Å². The Hall–Kier alpha value is -1.42. The first-order chi connectivity index (χ1) is 6.65. The molecule has 0 aromatic heterocycles. The fourth-order valence-electron chi connectivity index (χ4n) is 0.856. The Morgan fingerprint density at radius 1 is 1.29 bits per heavy atom. The number of rotatable bonds is 2. The zero-order valence-electron chi connectivity index (χ0n) is 8.74. The molecule has 80 valence electrons. The Morgan fingerprint density at radius 2 is 1.86 bits per heavy atom. The number of benzene rings is 1. The molecule has 0 bridgehead atoms. The molecule has 14 heavy (non-hydrogen) atoms. The molecule has 0 aliphatic rings. The molecule has 4 nitrogen and oxygen atoms in total. The van der Waals surface area contributed by atoms with Gasteiger partial charge in [-0.25, -0.2) is 0 Å². The van der Waals surface area contributed by atoms with Gasteiger partial charge in [0.25, 0.3) is 0 Å². The first kappa shape index (κ1) is 12.6. The highest BCUT2D eigenvalue weighted by atomic mass is 16.4. The van der Waals surface area contributed by atoms with Gasteiger partial charge in [-0.2, -0.15) is 0 Å². The first-order valence-electron chi connectivity index (χ1n) is 4.31. The lowest BCUT2D eigenvalue weighted by Gasteiger charge is -2.05. The van der Waals surface area contributed by atoms with Crippen molar-refractivity contribution >= 4 is 5.69 Å². The maximum atomic E-state index is 9.19. The van der Waals surface area contributed by atoms with E-state index in [9.17, 15) is 5.11 Å². The van der Waals surface area contributed by atoms with Crippen LogP contribution in [0.15, 0.2) is 18.2 Å². The van der Waals surface area contributed by atoms with Crippen LogP contribution in [0.3, 0.4) is 0 Å². The van der Waals surface area contributed by atoms with E-state index in [0.29, 0.717) is 5.69 Å². The van der Waals surface area contributed by atoms with Crippen LogP contribution in [-0.4, -0.2) is 31.0 Å². The number of methoxy groups -OCH3 is 1. The number of ether oxygens (including phenoxy) is 1. The van der Waals surface area contributed by atoms with E-state index in [-0.39, 0.29) is 11.5 Å². The maximum Gasteiger partial charge on any atom is 0.138 e. The Morgan fingerprint density at radius 3 is 2.36 bits per heavy atom. The quantitative estimate of drug-likeness (QED) is 0.502. The minimum absolute atomic E-state index is 0.152. The molecule has 1 rings (SSSR count). The van der Waals surface area contributed by atoms with Gasteiger partial charge in [0.2, 0.25) is 0 Å². The van der Waals surface area contributed by atoms with Gasteiger partial charge in [-0.3, -0.25) is 0 Å². The molecule has 0 unspecified atom stereocenters. The molecule has 0 saturated heterocycles. The van der Waals surface area contributed by atoms with Gasteiger partial charge in [0.1, 0.15) is 11.5 Å². The molecule has 0 radical (unpaired) electrons. The Balaban J connectivity index is 0.000000500. The SMILES string of the molecule is CCNc1cc(O)ccc1O.COC. The minimum Gasteiger partial charge on any atom is -0.508 e. The molecule has 4 heteroatoms. The average Bonchev–Trinajstić information content (AvgIpc) is 2.13. The molecule has 0 atom stereocenters. The second-order valence-electron chi connectivity index (χ2n) is 2.64. The number of phenols is 2. The number of hydrogen-bond acceptors (Lipinski definition) is 4. The predicted octanol–water partition coefficient (Wildman–Crippen LogP) is 1.79. The van der Waals surface area contributed by atoms with Gasteiger partial charge in [0, 0.05) is 26.8 Å². The van der Waals surface area contributed by atoms with E-state index in [4.69, 9.17) is 5.11 Å². The van der Waals surface area contributed by atoms with Gasteiger partial charge >= 0.3 is 0 Å². The van der Waals surface area contributed by atoms with Crippen LogP contribution >= 0.6 is 0 Å². The van der Waals surface area contributed by atoms with E-state index in [1.807, 2.05) is 6.92 Å². The van der Waals surface area contributed by atoms with E-state index in [0.717, 1.165) is 6.54 Å². The third kappa shape index (κ3) is 4.57. The molecule has 1 aromatic carbocycles. The first-order valence-corrected chi connectivity index (χ1v) is 4.31. The van der Waals surface area contributed by atoms with Crippen molar-refractivity contribution in [2.75, 3.05) is 26.1 Å². The Kier molecular flexibility index (Phi) is 6.32. The summed E-state index contributed by atoms with van der Waals surface area (Å²) in [4.78, 5) is 0. The van der Waals surface area contributed by atoms with Crippen molar-refractivity contribution in [3.63, 3.8) is 0 Å². The zero-order valence-corrected chi connectivity index (χ0v) is 8.74. The van der Waals surface area contributed by atoms with Crippen LogP contribution in [0.5, 0.6) is 11.5 Å². The van der Waals surface area contributed by atoms with Crippen molar-refractivity contribution in [3.05, 3.63) is 18.2 Å². The molecule has 3 N–H and O–H groups in total. The molecular formula is C10H17NO3. The summed E-state index contributed by atoms with van der Waals surface area (Å²) >= 11 is 0. The Labute approximate surface area is 84.1 Å². The Bertz CT molecular complexity index is 264. The van der Waals surface area contributed by atoms with Gasteiger partial charge in [-0.1, -0.05) is 0 Å². The third-order valence-corrected chi connectivity index (χ3v) is 1.35. The summed E-state index contributed by atoms with van der Waals surface area (Å²) in [5.74, 6) is 0.309. The van der Waals surface area contributed by atoms with Crippen LogP contribution in [0.1, 0.15) is 6.92 Å². The van der Waals surface area contributed by atoms with Crippen molar-refractivity contribution < 1.29 is 14.9 Å². The lowest BCUT2D eigenvalue weighted by Crippen LogP contribution is -1.95. The molecule has 0 spiro atoms. The van der Waals surface area contributed by atoms with E-state index >= 15 is 0 Å². The molecule has 0 heterocycles. The van der Waals surface area contributed by atoms with Crippen molar-refractivity contribution in [1.82, 2.24) is 0 Å². The van der Waals surface area contributed by atoms with Crippen molar-refractivity contribution in [1.29, 1.82) is 0 Å². The zero-order chi connectivity index (χ0) is 11.0. The summed E-state index contributed by atoms with van der Waals surface area (Å²) in [6, 6.07) is 4.38. The van der Waals surface area contributed by atoms with Crippen LogP contribution in [0, 0.1) is 0 Å².